The normalized spacial score (nSPS) is 14.0. The van der Waals surface area contributed by atoms with E-state index in [9.17, 15) is 0 Å². The Morgan fingerprint density at radius 1 is 1.31 bits per heavy atom. The van der Waals surface area contributed by atoms with Gasteiger partial charge in [0.1, 0.15) is 12.4 Å². The largest absolute Gasteiger partial charge is 0.489 e. The highest BCUT2D eigenvalue weighted by Gasteiger charge is 2.26. The van der Waals surface area contributed by atoms with Gasteiger partial charge in [-0.3, -0.25) is 4.98 Å². The highest BCUT2D eigenvalue weighted by Crippen LogP contribution is 2.41. The Labute approximate surface area is 161 Å². The van der Waals surface area contributed by atoms with Crippen molar-refractivity contribution in [2.75, 3.05) is 0 Å². The minimum absolute atomic E-state index is 0.249. The van der Waals surface area contributed by atoms with Crippen molar-refractivity contribution in [1.82, 2.24) is 4.98 Å². The molecule has 3 heteroatoms. The monoisotopic (exact) mass is 367 g/mol. The van der Waals surface area contributed by atoms with E-state index < -0.39 is 0 Å². The van der Waals surface area contributed by atoms with Gasteiger partial charge in [0.15, 0.2) is 0 Å². The molecule has 1 unspecified atom stereocenters. The Kier molecular flexibility index (Phi) is 6.16. The van der Waals surface area contributed by atoms with Gasteiger partial charge < -0.3 is 4.74 Å². The molecule has 0 amide bonds. The first-order valence-electron chi connectivity index (χ1n) is 9.29. The number of allylic oxidation sites excluding steroid dienone is 2. The minimum atomic E-state index is 0.249. The van der Waals surface area contributed by atoms with E-state index in [0.29, 0.717) is 6.61 Å². The third-order valence-electron chi connectivity index (χ3n) is 4.82. The van der Waals surface area contributed by atoms with E-state index in [1.807, 2.05) is 37.5 Å². The molecule has 1 aromatic carbocycles. The molecule has 1 aliphatic rings. The first-order chi connectivity index (χ1) is 12.6. The van der Waals surface area contributed by atoms with Gasteiger partial charge in [-0.05, 0) is 66.2 Å². The fraction of sp³-hybridized carbons (Fsp3) is 0.348. The molecule has 1 aliphatic carbocycles. The molecule has 0 bridgehead atoms. The van der Waals surface area contributed by atoms with Crippen LogP contribution in [0, 0.1) is 6.92 Å². The number of hydrogen-bond donors (Lipinski definition) is 0. The SMILES string of the molecule is C=C(C(OCc1ccc(C)c(Cl)c1)=C1CC1)C(CCC)c1cccnc1. The molecule has 1 heterocycles. The van der Waals surface area contributed by atoms with Crippen LogP contribution in [-0.4, -0.2) is 4.98 Å². The average Bonchev–Trinajstić information content (AvgIpc) is 3.48. The number of ether oxygens (including phenoxy) is 1. The van der Waals surface area contributed by atoms with E-state index in [2.05, 4.69) is 30.6 Å². The molecule has 1 saturated carbocycles. The summed E-state index contributed by atoms with van der Waals surface area (Å²) in [6.45, 7) is 9.15. The summed E-state index contributed by atoms with van der Waals surface area (Å²) in [4.78, 5) is 4.29. The van der Waals surface area contributed by atoms with Gasteiger partial charge in [-0.1, -0.05) is 49.7 Å². The van der Waals surface area contributed by atoms with Crippen LogP contribution in [0.5, 0.6) is 0 Å². The maximum Gasteiger partial charge on any atom is 0.122 e. The van der Waals surface area contributed by atoms with Gasteiger partial charge >= 0.3 is 0 Å². The second-order valence-corrected chi connectivity index (χ2v) is 7.36. The number of pyridine rings is 1. The van der Waals surface area contributed by atoms with Crippen molar-refractivity contribution in [1.29, 1.82) is 0 Å². The van der Waals surface area contributed by atoms with Crippen molar-refractivity contribution in [2.45, 2.75) is 52.1 Å². The molecule has 3 rings (SSSR count). The summed E-state index contributed by atoms with van der Waals surface area (Å²) in [5, 5.41) is 0.782. The Hall–Kier alpha value is -2.06. The second-order valence-electron chi connectivity index (χ2n) is 6.96. The summed E-state index contributed by atoms with van der Waals surface area (Å²) in [6.07, 6.45) is 8.10. The van der Waals surface area contributed by atoms with Crippen LogP contribution in [-0.2, 0) is 11.3 Å². The van der Waals surface area contributed by atoms with E-state index in [-0.39, 0.29) is 5.92 Å². The van der Waals surface area contributed by atoms with Gasteiger partial charge in [-0.15, -0.1) is 0 Å². The number of halogens is 1. The van der Waals surface area contributed by atoms with Gasteiger partial charge in [0, 0.05) is 23.3 Å². The number of rotatable bonds is 8. The molecule has 0 aliphatic heterocycles. The lowest BCUT2D eigenvalue weighted by molar-refractivity contribution is 0.202. The van der Waals surface area contributed by atoms with Crippen molar-refractivity contribution in [3.63, 3.8) is 0 Å². The Morgan fingerprint density at radius 3 is 2.73 bits per heavy atom. The molecular formula is C23H26ClNO. The van der Waals surface area contributed by atoms with Crippen molar-refractivity contribution >= 4 is 11.6 Å². The van der Waals surface area contributed by atoms with Crippen LogP contribution < -0.4 is 0 Å². The smallest absolute Gasteiger partial charge is 0.122 e. The second kappa shape index (κ2) is 8.55. The van der Waals surface area contributed by atoms with E-state index >= 15 is 0 Å². The number of aryl methyl sites for hydroxylation is 1. The van der Waals surface area contributed by atoms with Crippen LogP contribution in [0.25, 0.3) is 0 Å². The van der Waals surface area contributed by atoms with Crippen molar-refractivity contribution in [3.8, 4) is 0 Å². The highest BCUT2D eigenvalue weighted by atomic mass is 35.5. The molecule has 0 spiro atoms. The average molecular weight is 368 g/mol. The van der Waals surface area contributed by atoms with Gasteiger partial charge in [0.25, 0.3) is 0 Å². The minimum Gasteiger partial charge on any atom is -0.489 e. The van der Waals surface area contributed by atoms with Gasteiger partial charge in [0.05, 0.1) is 0 Å². The Balaban J connectivity index is 1.78. The summed E-state index contributed by atoms with van der Waals surface area (Å²) in [7, 11) is 0. The summed E-state index contributed by atoms with van der Waals surface area (Å²) in [5.41, 5.74) is 5.82. The van der Waals surface area contributed by atoms with Crippen LogP contribution in [0.15, 0.2) is 66.2 Å². The van der Waals surface area contributed by atoms with Crippen LogP contribution in [0.2, 0.25) is 5.02 Å². The number of hydrogen-bond acceptors (Lipinski definition) is 2. The Bertz CT molecular complexity index is 804. The lowest BCUT2D eigenvalue weighted by Gasteiger charge is -2.22. The predicted molar refractivity (Wildman–Crippen MR) is 108 cm³/mol. The van der Waals surface area contributed by atoms with Gasteiger partial charge in [0.2, 0.25) is 0 Å². The molecule has 2 nitrogen and oxygen atoms in total. The van der Waals surface area contributed by atoms with E-state index in [1.54, 1.807) is 0 Å². The fourth-order valence-corrected chi connectivity index (χ4v) is 3.37. The molecule has 1 atom stereocenters. The van der Waals surface area contributed by atoms with Crippen molar-refractivity contribution in [2.24, 2.45) is 0 Å². The molecule has 2 aromatic rings. The maximum absolute atomic E-state index is 6.26. The molecule has 0 radical (unpaired) electrons. The van der Waals surface area contributed by atoms with Gasteiger partial charge in [-0.2, -0.15) is 0 Å². The summed E-state index contributed by atoms with van der Waals surface area (Å²) < 4.78 is 6.26. The maximum atomic E-state index is 6.26. The van der Waals surface area contributed by atoms with E-state index in [1.165, 1.54) is 11.1 Å². The predicted octanol–water partition coefficient (Wildman–Crippen LogP) is 6.75. The van der Waals surface area contributed by atoms with Crippen LogP contribution in [0.4, 0.5) is 0 Å². The first kappa shape index (κ1) is 18.7. The third-order valence-corrected chi connectivity index (χ3v) is 5.22. The summed E-state index contributed by atoms with van der Waals surface area (Å²) in [5.74, 6) is 1.24. The number of benzene rings is 1. The zero-order chi connectivity index (χ0) is 18.5. The van der Waals surface area contributed by atoms with Crippen LogP contribution in [0.1, 0.15) is 55.2 Å². The molecule has 26 heavy (non-hydrogen) atoms. The van der Waals surface area contributed by atoms with Crippen molar-refractivity contribution < 1.29 is 4.74 Å². The summed E-state index contributed by atoms with van der Waals surface area (Å²) in [6, 6.07) is 10.2. The van der Waals surface area contributed by atoms with E-state index in [0.717, 1.165) is 53.2 Å². The molecule has 0 N–H and O–H groups in total. The third kappa shape index (κ3) is 4.56. The van der Waals surface area contributed by atoms with E-state index in [4.69, 9.17) is 16.3 Å². The molecule has 136 valence electrons. The molecular weight excluding hydrogens is 342 g/mol. The first-order valence-corrected chi connectivity index (χ1v) is 9.67. The van der Waals surface area contributed by atoms with Gasteiger partial charge in [-0.25, -0.2) is 0 Å². The fourth-order valence-electron chi connectivity index (χ4n) is 3.16. The lowest BCUT2D eigenvalue weighted by Crippen LogP contribution is -2.07. The zero-order valence-electron chi connectivity index (χ0n) is 15.6. The number of nitrogens with zero attached hydrogens (tertiary/aromatic N) is 1. The summed E-state index contributed by atoms with van der Waals surface area (Å²) >= 11 is 6.25. The molecule has 1 aromatic heterocycles. The quantitative estimate of drug-likeness (QED) is 0.481. The van der Waals surface area contributed by atoms with Crippen LogP contribution in [0.3, 0.4) is 0 Å². The van der Waals surface area contributed by atoms with Crippen LogP contribution >= 0.6 is 11.6 Å². The standard InChI is InChI=1S/C23H26ClNO/c1-4-6-21(20-7-5-12-25-14-20)17(3)23(19-10-11-19)26-15-18-9-8-16(2)22(24)13-18/h5,7-9,12-14,21H,3-4,6,10-11,15H2,1-2H3. The zero-order valence-corrected chi connectivity index (χ0v) is 16.4. The molecule has 0 saturated heterocycles. The highest BCUT2D eigenvalue weighted by molar-refractivity contribution is 6.31. The topological polar surface area (TPSA) is 22.1 Å². The van der Waals surface area contributed by atoms with Crippen molar-refractivity contribution in [3.05, 3.63) is 87.9 Å². The lowest BCUT2D eigenvalue weighted by atomic mass is 9.87. The molecule has 1 fully saturated rings. The number of aromatic nitrogens is 1. The Morgan fingerprint density at radius 2 is 2.12 bits per heavy atom.